The maximum Gasteiger partial charge on any atom is 0.252 e. The van der Waals surface area contributed by atoms with Gasteiger partial charge in [-0.2, -0.15) is 5.10 Å². The van der Waals surface area contributed by atoms with E-state index in [1.165, 1.54) is 0 Å². The molecule has 0 saturated carbocycles. The molecule has 0 aliphatic carbocycles. The van der Waals surface area contributed by atoms with Gasteiger partial charge in [-0.3, -0.25) is 9.59 Å². The molecule has 2 aromatic carbocycles. The topological polar surface area (TPSA) is 70.6 Å². The van der Waals surface area contributed by atoms with E-state index in [-0.39, 0.29) is 18.4 Å². The van der Waals surface area contributed by atoms with E-state index in [4.69, 9.17) is 0 Å². The Balaban J connectivity index is 2.16. The van der Waals surface area contributed by atoms with Crippen molar-refractivity contribution in [1.29, 1.82) is 0 Å². The van der Waals surface area contributed by atoms with Crippen LogP contribution in [0.1, 0.15) is 36.7 Å². The SMILES string of the molecule is CC(C)(C)C(=O)N/N=C(\CNC(=O)c1ccccc1Br)c1ccccc1. The smallest absolute Gasteiger partial charge is 0.252 e. The van der Waals surface area contributed by atoms with Crippen LogP contribution >= 0.6 is 15.9 Å². The van der Waals surface area contributed by atoms with Gasteiger partial charge in [0.05, 0.1) is 17.8 Å². The summed E-state index contributed by atoms with van der Waals surface area (Å²) in [5, 5.41) is 7.09. The van der Waals surface area contributed by atoms with Crippen molar-refractivity contribution < 1.29 is 9.59 Å². The van der Waals surface area contributed by atoms with Crippen LogP contribution in [-0.2, 0) is 4.79 Å². The van der Waals surface area contributed by atoms with Crippen LogP contribution < -0.4 is 10.7 Å². The number of hydrogen-bond donors (Lipinski definition) is 2. The molecule has 2 aromatic rings. The minimum Gasteiger partial charge on any atom is -0.346 e. The van der Waals surface area contributed by atoms with Crippen molar-refractivity contribution in [1.82, 2.24) is 10.7 Å². The third-order valence-electron chi connectivity index (χ3n) is 3.62. The molecule has 0 atom stereocenters. The molecular weight excluding hydrogens is 394 g/mol. The average molecular weight is 416 g/mol. The molecule has 2 rings (SSSR count). The van der Waals surface area contributed by atoms with Crippen molar-refractivity contribution in [3.63, 3.8) is 0 Å². The molecule has 26 heavy (non-hydrogen) atoms. The first kappa shape index (κ1) is 19.8. The van der Waals surface area contributed by atoms with Gasteiger partial charge in [0.25, 0.3) is 5.91 Å². The summed E-state index contributed by atoms with van der Waals surface area (Å²) in [7, 11) is 0. The largest absolute Gasteiger partial charge is 0.346 e. The number of amides is 2. The number of rotatable bonds is 5. The summed E-state index contributed by atoms with van der Waals surface area (Å²) >= 11 is 3.37. The molecule has 0 spiro atoms. The summed E-state index contributed by atoms with van der Waals surface area (Å²) in [6, 6.07) is 16.6. The number of hydrazone groups is 1. The molecule has 2 N–H and O–H groups in total. The molecule has 0 saturated heterocycles. The van der Waals surface area contributed by atoms with Gasteiger partial charge in [0.2, 0.25) is 5.91 Å². The molecule has 0 unspecified atom stereocenters. The Hall–Kier alpha value is -2.47. The third kappa shape index (κ3) is 5.52. The molecule has 0 radical (unpaired) electrons. The van der Waals surface area contributed by atoms with Gasteiger partial charge in [-0.15, -0.1) is 0 Å². The number of hydrogen-bond acceptors (Lipinski definition) is 3. The van der Waals surface area contributed by atoms with Crippen LogP contribution in [0, 0.1) is 5.41 Å². The predicted octanol–water partition coefficient (Wildman–Crippen LogP) is 3.75. The van der Waals surface area contributed by atoms with E-state index in [0.29, 0.717) is 11.3 Å². The van der Waals surface area contributed by atoms with Crippen molar-refractivity contribution in [3.05, 3.63) is 70.2 Å². The van der Waals surface area contributed by atoms with Crippen LogP contribution in [0.15, 0.2) is 64.2 Å². The lowest BCUT2D eigenvalue weighted by atomic mass is 9.96. The van der Waals surface area contributed by atoms with Crippen LogP contribution in [-0.4, -0.2) is 24.1 Å². The fourth-order valence-electron chi connectivity index (χ4n) is 2.03. The van der Waals surface area contributed by atoms with Gasteiger partial charge in [-0.05, 0) is 33.6 Å². The number of benzene rings is 2. The van der Waals surface area contributed by atoms with E-state index in [2.05, 4.69) is 31.8 Å². The monoisotopic (exact) mass is 415 g/mol. The Morgan fingerprint density at radius 2 is 1.62 bits per heavy atom. The average Bonchev–Trinajstić information content (AvgIpc) is 2.61. The summed E-state index contributed by atoms with van der Waals surface area (Å²) in [4.78, 5) is 24.5. The van der Waals surface area contributed by atoms with E-state index in [9.17, 15) is 9.59 Å². The Morgan fingerprint density at radius 3 is 2.23 bits per heavy atom. The van der Waals surface area contributed by atoms with E-state index in [1.807, 2.05) is 63.2 Å². The molecule has 0 heterocycles. The van der Waals surface area contributed by atoms with Crippen LogP contribution in [0.2, 0.25) is 0 Å². The molecule has 0 aliphatic heterocycles. The zero-order chi connectivity index (χ0) is 19.2. The maximum atomic E-state index is 12.4. The van der Waals surface area contributed by atoms with Crippen LogP contribution in [0.25, 0.3) is 0 Å². The van der Waals surface area contributed by atoms with Crippen LogP contribution in [0.4, 0.5) is 0 Å². The first-order valence-electron chi connectivity index (χ1n) is 8.24. The second kappa shape index (κ2) is 8.76. The van der Waals surface area contributed by atoms with Gasteiger partial charge in [-0.1, -0.05) is 63.2 Å². The fourth-order valence-corrected chi connectivity index (χ4v) is 2.49. The Labute approximate surface area is 162 Å². The minimum atomic E-state index is -0.552. The van der Waals surface area contributed by atoms with Gasteiger partial charge in [-0.25, -0.2) is 5.43 Å². The van der Waals surface area contributed by atoms with Crippen molar-refractivity contribution in [2.45, 2.75) is 20.8 Å². The molecule has 0 fully saturated rings. The first-order valence-corrected chi connectivity index (χ1v) is 9.03. The molecular formula is C20H22BrN3O2. The van der Waals surface area contributed by atoms with Gasteiger partial charge >= 0.3 is 0 Å². The Kier molecular flexibility index (Phi) is 6.69. The van der Waals surface area contributed by atoms with Crippen LogP contribution in [0.3, 0.4) is 0 Å². The van der Waals surface area contributed by atoms with E-state index >= 15 is 0 Å². The highest BCUT2D eigenvalue weighted by Crippen LogP contribution is 2.15. The highest BCUT2D eigenvalue weighted by molar-refractivity contribution is 9.10. The van der Waals surface area contributed by atoms with Gasteiger partial charge in [0.1, 0.15) is 0 Å². The van der Waals surface area contributed by atoms with Gasteiger partial charge < -0.3 is 5.32 Å². The zero-order valence-corrected chi connectivity index (χ0v) is 16.6. The molecule has 2 amide bonds. The number of nitrogens with zero attached hydrogens (tertiary/aromatic N) is 1. The molecule has 0 aromatic heterocycles. The third-order valence-corrected chi connectivity index (χ3v) is 4.31. The Bertz CT molecular complexity index is 811. The summed E-state index contributed by atoms with van der Waals surface area (Å²) < 4.78 is 0.719. The highest BCUT2D eigenvalue weighted by Gasteiger charge is 2.21. The number of halogens is 1. The highest BCUT2D eigenvalue weighted by atomic mass is 79.9. The quantitative estimate of drug-likeness (QED) is 0.576. The molecule has 136 valence electrons. The molecule has 0 bridgehead atoms. The molecule has 5 nitrogen and oxygen atoms in total. The number of carbonyl (C=O) groups excluding carboxylic acids is 2. The minimum absolute atomic E-state index is 0.189. The van der Waals surface area contributed by atoms with E-state index in [0.717, 1.165) is 10.0 Å². The Morgan fingerprint density at radius 1 is 1.00 bits per heavy atom. The summed E-state index contributed by atoms with van der Waals surface area (Å²) in [5.41, 5.74) is 3.97. The number of nitrogens with one attached hydrogen (secondary N) is 2. The van der Waals surface area contributed by atoms with E-state index < -0.39 is 5.41 Å². The maximum absolute atomic E-state index is 12.4. The first-order chi connectivity index (χ1) is 12.3. The standard InChI is InChI=1S/C20H22BrN3O2/c1-20(2,3)19(26)24-23-17(14-9-5-4-6-10-14)13-22-18(25)15-11-7-8-12-16(15)21/h4-12H,13H2,1-3H3,(H,22,25)(H,24,26)/b23-17+. The lowest BCUT2D eigenvalue weighted by Gasteiger charge is -2.16. The second-order valence-electron chi connectivity index (χ2n) is 6.78. The van der Waals surface area contributed by atoms with Crippen molar-refractivity contribution in [2.24, 2.45) is 10.5 Å². The van der Waals surface area contributed by atoms with Crippen molar-refractivity contribution in [3.8, 4) is 0 Å². The van der Waals surface area contributed by atoms with Gasteiger partial charge in [0.15, 0.2) is 0 Å². The summed E-state index contributed by atoms with van der Waals surface area (Å²) in [6.07, 6.45) is 0. The van der Waals surface area contributed by atoms with E-state index in [1.54, 1.807) is 12.1 Å². The summed E-state index contributed by atoms with van der Waals surface area (Å²) in [5.74, 6) is -0.411. The predicted molar refractivity (Wildman–Crippen MR) is 107 cm³/mol. The fraction of sp³-hybridized carbons (Fsp3) is 0.250. The van der Waals surface area contributed by atoms with Gasteiger partial charge in [0, 0.05) is 9.89 Å². The van der Waals surface area contributed by atoms with Crippen molar-refractivity contribution in [2.75, 3.05) is 6.54 Å². The lowest BCUT2D eigenvalue weighted by molar-refractivity contribution is -0.128. The number of carbonyl (C=O) groups is 2. The molecule has 6 heteroatoms. The zero-order valence-electron chi connectivity index (χ0n) is 15.0. The van der Waals surface area contributed by atoms with Crippen LogP contribution in [0.5, 0.6) is 0 Å². The normalized spacial score (nSPS) is 11.8. The summed E-state index contributed by atoms with van der Waals surface area (Å²) in [6.45, 7) is 5.63. The second-order valence-corrected chi connectivity index (χ2v) is 7.63. The molecule has 0 aliphatic rings. The van der Waals surface area contributed by atoms with Crippen molar-refractivity contribution >= 4 is 33.5 Å². The lowest BCUT2D eigenvalue weighted by Crippen LogP contribution is -2.35.